The quantitative estimate of drug-likeness (QED) is 0.407. The van der Waals surface area contributed by atoms with E-state index < -0.39 is 0 Å². The zero-order chi connectivity index (χ0) is 22.1. The number of rotatable bonds is 3. The minimum atomic E-state index is -0.238. The molecule has 0 bridgehead atoms. The van der Waals surface area contributed by atoms with E-state index in [-0.39, 0.29) is 5.56 Å². The molecule has 0 amide bonds. The van der Waals surface area contributed by atoms with E-state index in [1.54, 1.807) is 0 Å². The Labute approximate surface area is 183 Å². The van der Waals surface area contributed by atoms with Crippen LogP contribution in [0, 0.1) is 20.8 Å². The van der Waals surface area contributed by atoms with Crippen molar-refractivity contribution >= 4 is 21.9 Å². The number of fused-ring (bicyclic) bond motifs is 2. The van der Waals surface area contributed by atoms with Gasteiger partial charge in [0, 0.05) is 28.5 Å². The first kappa shape index (κ1) is 18.9. The molecule has 5 aromatic rings. The minimum absolute atomic E-state index is 0.238. The van der Waals surface area contributed by atoms with Gasteiger partial charge >= 0.3 is 0 Å². The fourth-order valence-corrected chi connectivity index (χ4v) is 4.72. The van der Waals surface area contributed by atoms with Crippen molar-refractivity contribution in [3.8, 4) is 22.3 Å². The SMILES string of the molecule is Cc1ccc2c(ccc(=O)n2N)c1-c1cc(-c2c(C)noc2C)cc2[nH]c(C3CC3)nc12. The Morgan fingerprint density at radius 1 is 1.09 bits per heavy atom. The lowest BCUT2D eigenvalue weighted by atomic mass is 9.91. The van der Waals surface area contributed by atoms with Crippen LogP contribution >= 0.6 is 0 Å². The van der Waals surface area contributed by atoms with Crippen LogP contribution in [0.5, 0.6) is 0 Å². The number of imidazole rings is 1. The molecule has 32 heavy (non-hydrogen) atoms. The molecule has 0 spiro atoms. The standard InChI is InChI=1S/C25H23N5O2/c1-12-4-8-20-17(7-9-21(31)30(20)26)22(12)18-10-16(23-13(2)29-32-14(23)3)11-19-24(18)28-25(27-19)15-5-6-15/h4,7-11,15H,5-6,26H2,1-3H3,(H,27,28). The molecule has 1 fully saturated rings. The van der Waals surface area contributed by atoms with Gasteiger partial charge in [0.1, 0.15) is 11.6 Å². The van der Waals surface area contributed by atoms with E-state index >= 15 is 0 Å². The minimum Gasteiger partial charge on any atom is -0.361 e. The number of nitrogens with one attached hydrogen (secondary N) is 1. The Morgan fingerprint density at radius 3 is 2.62 bits per heavy atom. The fourth-order valence-electron chi connectivity index (χ4n) is 4.72. The van der Waals surface area contributed by atoms with Gasteiger partial charge in [-0.25, -0.2) is 9.66 Å². The third-order valence-corrected chi connectivity index (χ3v) is 6.48. The predicted molar refractivity (Wildman–Crippen MR) is 125 cm³/mol. The number of H-pyrrole nitrogens is 1. The molecule has 1 saturated carbocycles. The van der Waals surface area contributed by atoms with Crippen molar-refractivity contribution in [1.29, 1.82) is 0 Å². The smallest absolute Gasteiger partial charge is 0.269 e. The number of aromatic nitrogens is 4. The second kappa shape index (κ2) is 6.56. The van der Waals surface area contributed by atoms with Gasteiger partial charge in [0.2, 0.25) is 0 Å². The molecule has 0 radical (unpaired) electrons. The number of benzene rings is 2. The summed E-state index contributed by atoms with van der Waals surface area (Å²) in [6.45, 7) is 5.95. The maximum Gasteiger partial charge on any atom is 0.269 e. The number of nitrogens with two attached hydrogens (primary N) is 1. The van der Waals surface area contributed by atoms with Crippen LogP contribution in [0.2, 0.25) is 0 Å². The molecule has 7 nitrogen and oxygen atoms in total. The Morgan fingerprint density at radius 2 is 1.91 bits per heavy atom. The van der Waals surface area contributed by atoms with Crippen LogP contribution in [0.1, 0.15) is 41.6 Å². The summed E-state index contributed by atoms with van der Waals surface area (Å²) in [4.78, 5) is 20.7. The lowest BCUT2D eigenvalue weighted by molar-refractivity contribution is 0.393. The van der Waals surface area contributed by atoms with Crippen LogP contribution in [-0.2, 0) is 0 Å². The molecule has 6 rings (SSSR count). The maximum atomic E-state index is 12.2. The van der Waals surface area contributed by atoms with Gasteiger partial charge in [0.05, 0.1) is 22.2 Å². The highest BCUT2D eigenvalue weighted by atomic mass is 16.5. The van der Waals surface area contributed by atoms with Gasteiger partial charge in [0.25, 0.3) is 5.56 Å². The van der Waals surface area contributed by atoms with Crippen LogP contribution in [0.15, 0.2) is 45.7 Å². The lowest BCUT2D eigenvalue weighted by Crippen LogP contribution is -2.26. The Balaban J connectivity index is 1.73. The number of aromatic amines is 1. The topological polar surface area (TPSA) is 103 Å². The Kier molecular flexibility index (Phi) is 3.87. The van der Waals surface area contributed by atoms with E-state index in [0.29, 0.717) is 11.4 Å². The van der Waals surface area contributed by atoms with Gasteiger partial charge in [-0.1, -0.05) is 11.2 Å². The first-order valence-corrected chi connectivity index (χ1v) is 10.8. The molecule has 0 atom stereocenters. The average molecular weight is 425 g/mol. The van der Waals surface area contributed by atoms with Crippen LogP contribution in [0.25, 0.3) is 44.2 Å². The predicted octanol–water partition coefficient (Wildman–Crippen LogP) is 4.72. The third-order valence-electron chi connectivity index (χ3n) is 6.48. The molecule has 1 aliphatic rings. The average Bonchev–Trinajstić information content (AvgIpc) is 3.45. The first-order chi connectivity index (χ1) is 15.4. The lowest BCUT2D eigenvalue weighted by Gasteiger charge is -2.14. The zero-order valence-corrected chi connectivity index (χ0v) is 18.2. The molecule has 160 valence electrons. The van der Waals surface area contributed by atoms with Crippen molar-refractivity contribution in [3.05, 3.63) is 69.6 Å². The van der Waals surface area contributed by atoms with Crippen LogP contribution in [-0.4, -0.2) is 19.8 Å². The van der Waals surface area contributed by atoms with E-state index in [1.165, 1.54) is 23.6 Å². The number of hydrogen-bond acceptors (Lipinski definition) is 5. The van der Waals surface area contributed by atoms with Crippen molar-refractivity contribution in [3.63, 3.8) is 0 Å². The molecule has 3 heterocycles. The molecular weight excluding hydrogens is 402 g/mol. The zero-order valence-electron chi connectivity index (χ0n) is 18.2. The largest absolute Gasteiger partial charge is 0.361 e. The highest BCUT2D eigenvalue weighted by molar-refractivity contribution is 6.05. The van der Waals surface area contributed by atoms with Crippen molar-refractivity contribution in [2.24, 2.45) is 0 Å². The van der Waals surface area contributed by atoms with Gasteiger partial charge in [-0.2, -0.15) is 0 Å². The van der Waals surface area contributed by atoms with Crippen LogP contribution in [0.4, 0.5) is 0 Å². The third kappa shape index (κ3) is 2.70. The number of hydrogen-bond donors (Lipinski definition) is 2. The Hall–Kier alpha value is -3.87. The summed E-state index contributed by atoms with van der Waals surface area (Å²) in [6.07, 6.45) is 2.33. The molecule has 7 heteroatoms. The van der Waals surface area contributed by atoms with E-state index in [0.717, 1.165) is 61.5 Å². The summed E-state index contributed by atoms with van der Waals surface area (Å²) < 4.78 is 6.66. The van der Waals surface area contributed by atoms with Crippen LogP contribution < -0.4 is 11.4 Å². The van der Waals surface area contributed by atoms with Gasteiger partial charge in [0.15, 0.2) is 0 Å². The van der Waals surface area contributed by atoms with Gasteiger partial charge in [-0.05, 0) is 74.6 Å². The molecule has 0 saturated heterocycles. The Bertz CT molecular complexity index is 1580. The molecule has 2 aromatic carbocycles. The molecule has 1 aliphatic carbocycles. The second-order valence-electron chi connectivity index (χ2n) is 8.75. The summed E-state index contributed by atoms with van der Waals surface area (Å²) in [7, 11) is 0. The number of aryl methyl sites for hydroxylation is 3. The molecule has 0 aliphatic heterocycles. The summed E-state index contributed by atoms with van der Waals surface area (Å²) in [5.74, 6) is 8.40. The van der Waals surface area contributed by atoms with E-state index in [9.17, 15) is 4.79 Å². The van der Waals surface area contributed by atoms with Gasteiger partial charge < -0.3 is 15.3 Å². The monoisotopic (exact) mass is 425 g/mol. The summed E-state index contributed by atoms with van der Waals surface area (Å²) in [5.41, 5.74) is 8.33. The summed E-state index contributed by atoms with van der Waals surface area (Å²) in [6, 6.07) is 11.5. The highest BCUT2D eigenvalue weighted by Crippen LogP contribution is 2.43. The molecule has 3 aromatic heterocycles. The molecule has 3 N–H and O–H groups in total. The number of nitrogens with zero attached hydrogens (tertiary/aromatic N) is 3. The maximum absolute atomic E-state index is 12.2. The van der Waals surface area contributed by atoms with Crippen molar-refractivity contribution in [1.82, 2.24) is 19.8 Å². The second-order valence-corrected chi connectivity index (χ2v) is 8.75. The fraction of sp³-hybridized carbons (Fsp3) is 0.240. The van der Waals surface area contributed by atoms with E-state index in [2.05, 4.69) is 29.2 Å². The van der Waals surface area contributed by atoms with Gasteiger partial charge in [-0.15, -0.1) is 0 Å². The number of pyridine rings is 1. The number of nitrogen functional groups attached to an aromatic ring is 1. The van der Waals surface area contributed by atoms with Crippen LogP contribution in [0.3, 0.4) is 0 Å². The highest BCUT2D eigenvalue weighted by Gasteiger charge is 2.28. The summed E-state index contributed by atoms with van der Waals surface area (Å²) >= 11 is 0. The van der Waals surface area contributed by atoms with E-state index in [1.807, 2.05) is 32.0 Å². The molecule has 0 unspecified atom stereocenters. The van der Waals surface area contributed by atoms with Gasteiger partial charge in [-0.3, -0.25) is 4.79 Å². The van der Waals surface area contributed by atoms with E-state index in [4.69, 9.17) is 15.3 Å². The summed E-state index contributed by atoms with van der Waals surface area (Å²) in [5, 5.41) is 5.07. The van der Waals surface area contributed by atoms with Crippen molar-refractivity contribution in [2.45, 2.75) is 39.5 Å². The van der Waals surface area contributed by atoms with Crippen molar-refractivity contribution in [2.75, 3.05) is 5.84 Å². The first-order valence-electron chi connectivity index (χ1n) is 10.8. The normalized spacial score (nSPS) is 14.0. The van der Waals surface area contributed by atoms with Crippen molar-refractivity contribution < 1.29 is 4.52 Å². The molecular formula is C25H23N5O2.